The van der Waals surface area contributed by atoms with E-state index in [1.54, 1.807) is 12.3 Å². The van der Waals surface area contributed by atoms with Gasteiger partial charge in [-0.2, -0.15) is 13.2 Å². The van der Waals surface area contributed by atoms with Gasteiger partial charge < -0.3 is 15.4 Å². The monoisotopic (exact) mass is 505 g/mol. The number of aryl methyl sites for hydroxylation is 1. The molecule has 1 atom stereocenters. The van der Waals surface area contributed by atoms with Crippen molar-refractivity contribution in [1.29, 1.82) is 0 Å². The van der Waals surface area contributed by atoms with Crippen molar-refractivity contribution in [2.75, 3.05) is 25.1 Å². The highest BCUT2D eigenvalue weighted by Crippen LogP contribution is 2.32. The van der Waals surface area contributed by atoms with Gasteiger partial charge >= 0.3 is 6.18 Å². The van der Waals surface area contributed by atoms with Crippen LogP contribution in [0.25, 0.3) is 10.4 Å². The molecular formula is C24H26F3N5O2S. The zero-order valence-corrected chi connectivity index (χ0v) is 20.0. The fraction of sp³-hybridized carbons (Fsp3) is 0.417. The predicted octanol–water partition coefficient (Wildman–Crippen LogP) is 5.15. The highest BCUT2D eigenvalue weighted by molar-refractivity contribution is 7.15. The Labute approximate surface area is 205 Å². The van der Waals surface area contributed by atoms with Crippen molar-refractivity contribution in [2.24, 2.45) is 5.92 Å². The van der Waals surface area contributed by atoms with Crippen LogP contribution >= 0.6 is 11.3 Å². The minimum absolute atomic E-state index is 0.0446. The van der Waals surface area contributed by atoms with Crippen LogP contribution in [-0.4, -0.2) is 40.6 Å². The first kappa shape index (κ1) is 25.1. The van der Waals surface area contributed by atoms with E-state index in [0.717, 1.165) is 52.9 Å². The van der Waals surface area contributed by atoms with Crippen molar-refractivity contribution in [3.8, 4) is 10.4 Å². The van der Waals surface area contributed by atoms with E-state index < -0.39 is 11.9 Å². The number of anilines is 2. The van der Waals surface area contributed by atoms with Gasteiger partial charge in [0, 0.05) is 50.2 Å². The second-order valence-corrected chi connectivity index (χ2v) is 9.51. The standard InChI is InChI=1S/C20H18F3N5OS.C4H8O/c1-11-6-13(15-10-26-17(30-15)9-12-2-4-24-18(12)29)8-14(7-11)27-19-25-5-3-16(28-19)20(21,22)23;1-2-4-5-3-1/h3,5-8,10,12H,2,4,9H2,1H3,(H,24,29)(H,25,27,28);1-4H2. The molecule has 0 aliphatic carbocycles. The number of halogens is 3. The number of carbonyl (C=O) groups excluding carboxylic acids is 1. The zero-order chi connectivity index (χ0) is 24.8. The molecule has 2 saturated heterocycles. The van der Waals surface area contributed by atoms with Crippen LogP contribution in [0.4, 0.5) is 24.8 Å². The molecule has 2 fully saturated rings. The lowest BCUT2D eigenvalue weighted by Gasteiger charge is -2.10. The smallest absolute Gasteiger partial charge is 0.381 e. The third-order valence-corrected chi connectivity index (χ3v) is 6.60. The van der Waals surface area contributed by atoms with Gasteiger partial charge in [-0.25, -0.2) is 15.0 Å². The highest BCUT2D eigenvalue weighted by atomic mass is 32.1. The molecule has 1 amide bonds. The molecule has 0 spiro atoms. The number of amides is 1. The molecule has 7 nitrogen and oxygen atoms in total. The van der Waals surface area contributed by atoms with Gasteiger partial charge in [-0.05, 0) is 55.5 Å². The Hall–Kier alpha value is -3.05. The van der Waals surface area contributed by atoms with Crippen molar-refractivity contribution in [3.63, 3.8) is 0 Å². The fourth-order valence-electron chi connectivity index (χ4n) is 3.80. The molecule has 5 rings (SSSR count). The lowest BCUT2D eigenvalue weighted by atomic mass is 10.1. The summed E-state index contributed by atoms with van der Waals surface area (Å²) in [5, 5.41) is 6.55. The van der Waals surface area contributed by atoms with E-state index in [-0.39, 0.29) is 17.8 Å². The van der Waals surface area contributed by atoms with E-state index in [4.69, 9.17) is 4.74 Å². The van der Waals surface area contributed by atoms with E-state index in [1.807, 2.05) is 19.1 Å². The Balaban J connectivity index is 0.000000514. The van der Waals surface area contributed by atoms with Crippen molar-refractivity contribution in [2.45, 2.75) is 38.8 Å². The molecule has 186 valence electrons. The first-order chi connectivity index (χ1) is 16.8. The summed E-state index contributed by atoms with van der Waals surface area (Å²) in [6, 6.07) is 6.42. The molecule has 0 bridgehead atoms. The number of hydrogen-bond donors (Lipinski definition) is 2. The minimum Gasteiger partial charge on any atom is -0.381 e. The SMILES string of the molecule is C1CCOC1.Cc1cc(Nc2nccc(C(F)(F)F)n2)cc(-c2cnc(CC3CCNC3=O)s2)c1. The van der Waals surface area contributed by atoms with Crippen LogP contribution in [0, 0.1) is 12.8 Å². The summed E-state index contributed by atoms with van der Waals surface area (Å²) < 4.78 is 43.6. The molecule has 2 N–H and O–H groups in total. The van der Waals surface area contributed by atoms with Crippen LogP contribution in [0.15, 0.2) is 36.7 Å². The summed E-state index contributed by atoms with van der Waals surface area (Å²) in [7, 11) is 0. The van der Waals surface area contributed by atoms with Gasteiger partial charge in [0.25, 0.3) is 0 Å². The van der Waals surface area contributed by atoms with Crippen LogP contribution in [0.1, 0.15) is 35.5 Å². The number of carbonyl (C=O) groups is 1. The Morgan fingerprint density at radius 1 is 1.20 bits per heavy atom. The van der Waals surface area contributed by atoms with Crippen molar-refractivity contribution in [3.05, 3.63) is 52.9 Å². The van der Waals surface area contributed by atoms with Crippen LogP contribution < -0.4 is 10.6 Å². The number of aromatic nitrogens is 3. The Bertz CT molecular complexity index is 1160. The van der Waals surface area contributed by atoms with E-state index in [1.165, 1.54) is 24.2 Å². The zero-order valence-electron chi connectivity index (χ0n) is 19.2. The summed E-state index contributed by atoms with van der Waals surface area (Å²) in [5.41, 5.74) is 1.38. The van der Waals surface area contributed by atoms with Crippen LogP contribution in [0.5, 0.6) is 0 Å². The number of nitrogens with one attached hydrogen (secondary N) is 2. The highest BCUT2D eigenvalue weighted by Gasteiger charge is 2.32. The first-order valence-corrected chi connectivity index (χ1v) is 12.2. The molecular weight excluding hydrogens is 479 g/mol. The molecule has 1 aromatic carbocycles. The van der Waals surface area contributed by atoms with Gasteiger partial charge in [0.05, 0.1) is 9.88 Å². The maximum Gasteiger partial charge on any atom is 0.433 e. The van der Waals surface area contributed by atoms with Gasteiger partial charge in [0.1, 0.15) is 5.69 Å². The predicted molar refractivity (Wildman–Crippen MR) is 127 cm³/mol. The van der Waals surface area contributed by atoms with E-state index in [2.05, 4.69) is 25.6 Å². The summed E-state index contributed by atoms with van der Waals surface area (Å²) in [6.45, 7) is 4.60. The van der Waals surface area contributed by atoms with Gasteiger partial charge in [0.15, 0.2) is 0 Å². The fourth-order valence-corrected chi connectivity index (χ4v) is 4.79. The Kier molecular flexibility index (Phi) is 7.97. The lowest BCUT2D eigenvalue weighted by molar-refractivity contribution is -0.141. The molecule has 3 aromatic rings. The average Bonchev–Trinajstić information content (AvgIpc) is 3.58. The maximum absolute atomic E-state index is 12.9. The Morgan fingerprint density at radius 3 is 2.66 bits per heavy atom. The van der Waals surface area contributed by atoms with Gasteiger partial charge in [0.2, 0.25) is 11.9 Å². The summed E-state index contributed by atoms with van der Waals surface area (Å²) >= 11 is 1.51. The topological polar surface area (TPSA) is 89.0 Å². The molecule has 2 aliphatic heterocycles. The maximum atomic E-state index is 12.9. The van der Waals surface area contributed by atoms with Crippen LogP contribution in [0.2, 0.25) is 0 Å². The van der Waals surface area contributed by atoms with Gasteiger partial charge in [-0.3, -0.25) is 4.79 Å². The number of hydrogen-bond acceptors (Lipinski definition) is 7. The quantitative estimate of drug-likeness (QED) is 0.499. The van der Waals surface area contributed by atoms with Crippen LogP contribution in [0.3, 0.4) is 0 Å². The molecule has 11 heteroatoms. The number of thiazole rings is 1. The molecule has 2 aromatic heterocycles. The molecule has 1 unspecified atom stereocenters. The molecule has 35 heavy (non-hydrogen) atoms. The largest absolute Gasteiger partial charge is 0.433 e. The molecule has 2 aliphatic rings. The van der Waals surface area contributed by atoms with Crippen molar-refractivity contribution in [1.82, 2.24) is 20.3 Å². The molecule has 0 radical (unpaired) electrons. The Morgan fingerprint density at radius 2 is 2.00 bits per heavy atom. The normalized spacial score (nSPS) is 17.6. The lowest BCUT2D eigenvalue weighted by Crippen LogP contribution is -2.20. The second kappa shape index (κ2) is 11.1. The van der Waals surface area contributed by atoms with Gasteiger partial charge in [-0.1, -0.05) is 6.07 Å². The molecule has 0 saturated carbocycles. The minimum atomic E-state index is -4.54. The van der Waals surface area contributed by atoms with Crippen LogP contribution in [-0.2, 0) is 22.1 Å². The summed E-state index contributed by atoms with van der Waals surface area (Å²) in [6.07, 6.45) is 2.26. The number of benzene rings is 1. The van der Waals surface area contributed by atoms with E-state index in [9.17, 15) is 18.0 Å². The summed E-state index contributed by atoms with van der Waals surface area (Å²) in [5.74, 6) is -0.106. The number of nitrogens with zero attached hydrogens (tertiary/aromatic N) is 3. The molecule has 4 heterocycles. The van der Waals surface area contributed by atoms with E-state index >= 15 is 0 Å². The third-order valence-electron chi connectivity index (χ3n) is 5.53. The number of alkyl halides is 3. The van der Waals surface area contributed by atoms with Crippen molar-refractivity contribution < 1.29 is 22.7 Å². The second-order valence-electron chi connectivity index (χ2n) is 8.39. The average molecular weight is 506 g/mol. The number of rotatable bonds is 5. The van der Waals surface area contributed by atoms with Gasteiger partial charge in [-0.15, -0.1) is 11.3 Å². The summed E-state index contributed by atoms with van der Waals surface area (Å²) in [4.78, 5) is 24.6. The van der Waals surface area contributed by atoms with E-state index in [0.29, 0.717) is 18.7 Å². The number of ether oxygens (including phenoxy) is 1. The van der Waals surface area contributed by atoms with Crippen molar-refractivity contribution >= 4 is 28.9 Å². The third kappa shape index (κ3) is 6.98. The first-order valence-electron chi connectivity index (χ1n) is 11.4.